The summed E-state index contributed by atoms with van der Waals surface area (Å²) in [5, 5.41) is 13.8. The van der Waals surface area contributed by atoms with Crippen LogP contribution >= 0.6 is 0 Å². The summed E-state index contributed by atoms with van der Waals surface area (Å²) < 4.78 is 4.52. The van der Waals surface area contributed by atoms with Crippen LogP contribution in [-0.2, 0) is 4.74 Å². The Balaban J connectivity index is 0. The van der Waals surface area contributed by atoms with E-state index in [9.17, 15) is 14.9 Å². The number of hydrogen-bond acceptors (Lipinski definition) is 6. The number of anilines is 1. The van der Waals surface area contributed by atoms with Gasteiger partial charge in [0.25, 0.3) is 5.69 Å². The summed E-state index contributed by atoms with van der Waals surface area (Å²) in [6.07, 6.45) is 3.50. The van der Waals surface area contributed by atoms with Gasteiger partial charge >= 0.3 is 5.97 Å². The molecule has 0 aliphatic carbocycles. The SMILES string of the molecule is CC.CC.COC(=O)c1ccc(NC/C=C/CN)c([N+](=O)[O-])c1. The molecule has 7 nitrogen and oxygen atoms in total. The van der Waals surface area contributed by atoms with Crippen LogP contribution in [0.5, 0.6) is 0 Å². The van der Waals surface area contributed by atoms with Crippen molar-refractivity contribution in [2.24, 2.45) is 5.73 Å². The molecule has 1 aromatic rings. The molecule has 23 heavy (non-hydrogen) atoms. The average Bonchev–Trinajstić information content (AvgIpc) is 2.61. The number of carbonyl (C=O) groups excluding carboxylic acids is 1. The third kappa shape index (κ3) is 8.57. The number of benzene rings is 1. The number of nitro benzene ring substituents is 1. The number of nitro groups is 1. The number of nitrogens with one attached hydrogen (secondary N) is 1. The summed E-state index contributed by atoms with van der Waals surface area (Å²) in [4.78, 5) is 21.7. The molecule has 0 fully saturated rings. The first kappa shape index (κ1) is 22.9. The Labute approximate surface area is 137 Å². The largest absolute Gasteiger partial charge is 0.465 e. The minimum Gasteiger partial charge on any atom is -0.465 e. The molecule has 0 saturated carbocycles. The number of carbonyl (C=O) groups is 1. The first-order valence-corrected chi connectivity index (χ1v) is 7.55. The lowest BCUT2D eigenvalue weighted by Crippen LogP contribution is -2.06. The van der Waals surface area contributed by atoms with Gasteiger partial charge in [-0.05, 0) is 12.1 Å². The van der Waals surface area contributed by atoms with Crippen LogP contribution in [-0.4, -0.2) is 31.1 Å². The lowest BCUT2D eigenvalue weighted by atomic mass is 10.1. The average molecular weight is 325 g/mol. The summed E-state index contributed by atoms with van der Waals surface area (Å²) >= 11 is 0. The van der Waals surface area contributed by atoms with Crippen LogP contribution in [0.1, 0.15) is 38.1 Å². The quantitative estimate of drug-likeness (QED) is 0.359. The molecule has 1 aromatic carbocycles. The lowest BCUT2D eigenvalue weighted by molar-refractivity contribution is -0.384. The molecule has 0 aliphatic rings. The number of hydrogen-bond donors (Lipinski definition) is 2. The molecule has 0 unspecified atom stereocenters. The molecule has 0 aromatic heterocycles. The highest BCUT2D eigenvalue weighted by molar-refractivity contribution is 5.91. The highest BCUT2D eigenvalue weighted by Gasteiger charge is 2.17. The van der Waals surface area contributed by atoms with Crippen LogP contribution in [0.15, 0.2) is 30.4 Å². The fourth-order valence-electron chi connectivity index (χ4n) is 1.43. The highest BCUT2D eigenvalue weighted by atomic mass is 16.6. The maximum absolute atomic E-state index is 11.3. The van der Waals surface area contributed by atoms with E-state index in [0.29, 0.717) is 18.8 Å². The number of rotatable bonds is 6. The number of esters is 1. The summed E-state index contributed by atoms with van der Waals surface area (Å²) in [6.45, 7) is 8.82. The first-order valence-electron chi connectivity index (χ1n) is 7.55. The molecular weight excluding hydrogens is 298 g/mol. The Morgan fingerprint density at radius 3 is 2.39 bits per heavy atom. The minimum absolute atomic E-state index is 0.136. The second kappa shape index (κ2) is 14.5. The summed E-state index contributed by atoms with van der Waals surface area (Å²) in [5.74, 6) is -0.613. The van der Waals surface area contributed by atoms with Gasteiger partial charge < -0.3 is 15.8 Å². The number of nitrogens with two attached hydrogens (primary N) is 1. The van der Waals surface area contributed by atoms with Gasteiger partial charge in [-0.3, -0.25) is 10.1 Å². The summed E-state index contributed by atoms with van der Waals surface area (Å²) in [6, 6.07) is 4.12. The van der Waals surface area contributed by atoms with E-state index in [1.807, 2.05) is 27.7 Å². The van der Waals surface area contributed by atoms with Crippen molar-refractivity contribution in [1.29, 1.82) is 0 Å². The van der Waals surface area contributed by atoms with Gasteiger partial charge in [-0.25, -0.2) is 4.79 Å². The zero-order valence-corrected chi connectivity index (χ0v) is 14.5. The van der Waals surface area contributed by atoms with E-state index in [1.165, 1.54) is 25.3 Å². The van der Waals surface area contributed by atoms with Gasteiger partial charge in [0.15, 0.2) is 0 Å². The van der Waals surface area contributed by atoms with E-state index >= 15 is 0 Å². The van der Waals surface area contributed by atoms with Crippen LogP contribution in [0.4, 0.5) is 11.4 Å². The maximum Gasteiger partial charge on any atom is 0.338 e. The van der Waals surface area contributed by atoms with Gasteiger partial charge in [0.1, 0.15) is 5.69 Å². The first-order chi connectivity index (χ1) is 11.1. The lowest BCUT2D eigenvalue weighted by Gasteiger charge is -2.06. The van der Waals surface area contributed by atoms with E-state index in [4.69, 9.17) is 5.73 Å². The second-order valence-corrected chi connectivity index (χ2v) is 3.57. The number of nitrogens with zero attached hydrogens (tertiary/aromatic N) is 1. The Hall–Kier alpha value is -2.41. The molecule has 7 heteroatoms. The zero-order chi connectivity index (χ0) is 18.3. The fraction of sp³-hybridized carbons (Fsp3) is 0.438. The van der Waals surface area contributed by atoms with Crippen molar-refractivity contribution in [2.45, 2.75) is 27.7 Å². The van der Waals surface area contributed by atoms with Gasteiger partial charge in [-0.1, -0.05) is 39.8 Å². The van der Waals surface area contributed by atoms with Crippen molar-refractivity contribution in [2.75, 3.05) is 25.5 Å². The predicted octanol–water partition coefficient (Wildman–Crippen LogP) is 3.36. The van der Waals surface area contributed by atoms with Crippen molar-refractivity contribution in [3.05, 3.63) is 46.0 Å². The molecule has 0 spiro atoms. The van der Waals surface area contributed by atoms with Gasteiger partial charge in [0, 0.05) is 19.2 Å². The standard InChI is InChI=1S/C12H15N3O4.2C2H6/c1-19-12(16)9-4-5-10(11(8-9)15(17)18)14-7-3-2-6-13;2*1-2/h2-5,8,14H,6-7,13H2,1H3;2*1-2H3/b3-2+;;. The fourth-order valence-corrected chi connectivity index (χ4v) is 1.43. The molecule has 0 saturated heterocycles. The normalized spacial score (nSPS) is 9.13. The molecule has 1 rings (SSSR count). The van der Waals surface area contributed by atoms with Crippen LogP contribution in [0, 0.1) is 10.1 Å². The van der Waals surface area contributed by atoms with Crippen molar-refractivity contribution in [3.8, 4) is 0 Å². The van der Waals surface area contributed by atoms with Crippen molar-refractivity contribution >= 4 is 17.3 Å². The van der Waals surface area contributed by atoms with Crippen LogP contribution in [0.25, 0.3) is 0 Å². The Kier molecular flexibility index (Phi) is 14.4. The Morgan fingerprint density at radius 1 is 1.30 bits per heavy atom. The Bertz CT molecular complexity index is 502. The van der Waals surface area contributed by atoms with Crippen molar-refractivity contribution in [3.63, 3.8) is 0 Å². The topological polar surface area (TPSA) is 107 Å². The van der Waals surface area contributed by atoms with E-state index in [-0.39, 0.29) is 11.3 Å². The van der Waals surface area contributed by atoms with Gasteiger partial charge in [0.05, 0.1) is 17.6 Å². The Morgan fingerprint density at radius 2 is 1.91 bits per heavy atom. The maximum atomic E-state index is 11.3. The number of ether oxygens (including phenoxy) is 1. The third-order valence-electron chi connectivity index (χ3n) is 2.33. The van der Waals surface area contributed by atoms with Crippen LogP contribution in [0.2, 0.25) is 0 Å². The molecular formula is C16H27N3O4. The molecule has 0 bridgehead atoms. The molecule has 0 radical (unpaired) electrons. The van der Waals surface area contributed by atoms with Crippen LogP contribution in [0.3, 0.4) is 0 Å². The smallest absolute Gasteiger partial charge is 0.338 e. The van der Waals surface area contributed by atoms with Crippen molar-refractivity contribution in [1.82, 2.24) is 0 Å². The summed E-state index contributed by atoms with van der Waals surface area (Å²) in [7, 11) is 1.22. The van der Waals surface area contributed by atoms with Crippen LogP contribution < -0.4 is 11.1 Å². The number of methoxy groups -OCH3 is 1. The molecule has 130 valence electrons. The predicted molar refractivity (Wildman–Crippen MR) is 93.8 cm³/mol. The van der Waals surface area contributed by atoms with E-state index in [1.54, 1.807) is 12.2 Å². The molecule has 3 N–H and O–H groups in total. The highest BCUT2D eigenvalue weighted by Crippen LogP contribution is 2.25. The van der Waals surface area contributed by atoms with Gasteiger partial charge in [0.2, 0.25) is 0 Å². The minimum atomic E-state index is -0.613. The molecule has 0 aliphatic heterocycles. The molecule has 0 heterocycles. The third-order valence-corrected chi connectivity index (χ3v) is 2.33. The van der Waals surface area contributed by atoms with Crippen molar-refractivity contribution < 1.29 is 14.5 Å². The van der Waals surface area contributed by atoms with Gasteiger partial charge in [-0.15, -0.1) is 0 Å². The second-order valence-electron chi connectivity index (χ2n) is 3.57. The zero-order valence-electron chi connectivity index (χ0n) is 14.5. The van der Waals surface area contributed by atoms with E-state index in [2.05, 4.69) is 10.1 Å². The molecule has 0 amide bonds. The van der Waals surface area contributed by atoms with E-state index in [0.717, 1.165) is 0 Å². The van der Waals surface area contributed by atoms with E-state index < -0.39 is 10.9 Å². The van der Waals surface area contributed by atoms with Gasteiger partial charge in [-0.2, -0.15) is 0 Å². The monoisotopic (exact) mass is 325 g/mol. The molecule has 0 atom stereocenters. The summed E-state index contributed by atoms with van der Waals surface area (Å²) in [5.41, 5.74) is 5.57.